The summed E-state index contributed by atoms with van der Waals surface area (Å²) in [7, 11) is 0. The molecule has 70 valence electrons. The van der Waals surface area contributed by atoms with Crippen molar-refractivity contribution in [1.82, 2.24) is 0 Å². The molecule has 0 radical (unpaired) electrons. The van der Waals surface area contributed by atoms with E-state index in [1.54, 1.807) is 12.4 Å². The lowest BCUT2D eigenvalue weighted by molar-refractivity contribution is -0.904. The van der Waals surface area contributed by atoms with E-state index in [1.807, 2.05) is 30.3 Å². The van der Waals surface area contributed by atoms with Gasteiger partial charge in [-0.2, -0.15) is 0 Å². The molecular formula is C12H12NO+. The molecular weight excluding hydrogens is 174 g/mol. The second-order valence-electron chi connectivity index (χ2n) is 3.25. The van der Waals surface area contributed by atoms with Crippen LogP contribution >= 0.6 is 0 Å². The Balaban J connectivity index is 2.16. The van der Waals surface area contributed by atoms with E-state index in [4.69, 9.17) is 5.21 Å². The molecule has 1 aromatic carbocycles. The topological polar surface area (TPSA) is 24.1 Å². The van der Waals surface area contributed by atoms with Crippen molar-refractivity contribution < 1.29 is 9.94 Å². The number of aromatic nitrogens is 1. The summed E-state index contributed by atoms with van der Waals surface area (Å²) in [6.07, 6.45) is 4.18. The molecule has 2 heteroatoms. The average molecular weight is 186 g/mol. The van der Waals surface area contributed by atoms with Crippen molar-refractivity contribution in [2.75, 3.05) is 0 Å². The molecule has 0 spiro atoms. The first-order chi connectivity index (χ1) is 6.84. The van der Waals surface area contributed by atoms with E-state index in [-0.39, 0.29) is 0 Å². The Hall–Kier alpha value is -1.83. The van der Waals surface area contributed by atoms with Gasteiger partial charge < -0.3 is 0 Å². The van der Waals surface area contributed by atoms with Gasteiger partial charge in [-0.3, -0.25) is 5.21 Å². The van der Waals surface area contributed by atoms with Crippen molar-refractivity contribution in [3.63, 3.8) is 0 Å². The van der Waals surface area contributed by atoms with Gasteiger partial charge >= 0.3 is 0 Å². The molecule has 14 heavy (non-hydrogen) atoms. The Morgan fingerprint density at radius 3 is 2.07 bits per heavy atom. The van der Waals surface area contributed by atoms with Gasteiger partial charge in [-0.05, 0) is 17.5 Å². The molecule has 0 aliphatic carbocycles. The first-order valence-electron chi connectivity index (χ1n) is 4.58. The third-order valence-corrected chi connectivity index (χ3v) is 2.13. The number of pyridine rings is 1. The third kappa shape index (κ3) is 2.10. The minimum atomic E-state index is 0.904. The quantitative estimate of drug-likeness (QED) is 0.561. The fourth-order valence-corrected chi connectivity index (χ4v) is 1.40. The molecule has 0 fully saturated rings. The van der Waals surface area contributed by atoms with Crippen LogP contribution in [0.1, 0.15) is 11.1 Å². The fraction of sp³-hybridized carbons (Fsp3) is 0.0833. The summed E-state index contributed by atoms with van der Waals surface area (Å²) in [5, 5.41) is 9.04. The van der Waals surface area contributed by atoms with Crippen LogP contribution in [0.4, 0.5) is 0 Å². The Labute approximate surface area is 83.0 Å². The summed E-state index contributed by atoms with van der Waals surface area (Å²) >= 11 is 0. The lowest BCUT2D eigenvalue weighted by Gasteiger charge is -1.98. The lowest BCUT2D eigenvalue weighted by Crippen LogP contribution is -2.27. The number of nitrogens with zero attached hydrogens (tertiary/aromatic N) is 1. The number of benzene rings is 1. The highest BCUT2D eigenvalue weighted by Crippen LogP contribution is 2.06. The van der Waals surface area contributed by atoms with Crippen LogP contribution in [0.15, 0.2) is 54.9 Å². The highest BCUT2D eigenvalue weighted by Gasteiger charge is 1.98. The van der Waals surface area contributed by atoms with Crippen LogP contribution in [0.5, 0.6) is 0 Å². The van der Waals surface area contributed by atoms with Gasteiger partial charge in [0.1, 0.15) is 0 Å². The second kappa shape index (κ2) is 3.92. The Kier molecular flexibility index (Phi) is 2.45. The van der Waals surface area contributed by atoms with Gasteiger partial charge in [0, 0.05) is 16.9 Å². The molecule has 0 bridgehead atoms. The summed E-state index contributed by atoms with van der Waals surface area (Å²) in [5.74, 6) is 0. The SMILES string of the molecule is O[n+]1ccc(Cc2ccccc2)cc1. The summed E-state index contributed by atoms with van der Waals surface area (Å²) in [6, 6.07) is 14.1. The van der Waals surface area contributed by atoms with E-state index < -0.39 is 0 Å². The molecule has 0 aliphatic rings. The molecule has 0 saturated heterocycles. The summed E-state index contributed by atoms with van der Waals surface area (Å²) in [6.45, 7) is 0. The smallest absolute Gasteiger partial charge is 0.222 e. The summed E-state index contributed by atoms with van der Waals surface area (Å²) < 4.78 is 1.05. The van der Waals surface area contributed by atoms with Crippen LogP contribution in [0.3, 0.4) is 0 Å². The average Bonchev–Trinajstić information content (AvgIpc) is 2.23. The Morgan fingerprint density at radius 1 is 0.857 bits per heavy atom. The van der Waals surface area contributed by atoms with Gasteiger partial charge in [-0.25, -0.2) is 0 Å². The van der Waals surface area contributed by atoms with Crippen LogP contribution in [0, 0.1) is 0 Å². The largest absolute Gasteiger partial charge is 0.285 e. The molecule has 0 atom stereocenters. The molecule has 2 nitrogen and oxygen atoms in total. The van der Waals surface area contributed by atoms with Crippen molar-refractivity contribution in [2.45, 2.75) is 6.42 Å². The van der Waals surface area contributed by atoms with Crippen LogP contribution < -0.4 is 4.73 Å². The normalized spacial score (nSPS) is 10.0. The fourth-order valence-electron chi connectivity index (χ4n) is 1.40. The van der Waals surface area contributed by atoms with Gasteiger partial charge in [-0.15, -0.1) is 0 Å². The van der Waals surface area contributed by atoms with Crippen molar-refractivity contribution in [2.24, 2.45) is 0 Å². The van der Waals surface area contributed by atoms with Crippen molar-refractivity contribution in [3.8, 4) is 0 Å². The standard InChI is InChI=1S/C12H12NO/c14-13-8-6-12(7-9-13)10-11-4-2-1-3-5-11/h1-9,14H,10H2/q+1. The molecule has 0 saturated carbocycles. The summed E-state index contributed by atoms with van der Waals surface area (Å²) in [4.78, 5) is 0. The van der Waals surface area contributed by atoms with E-state index >= 15 is 0 Å². The number of hydrogen-bond acceptors (Lipinski definition) is 1. The predicted molar refractivity (Wildman–Crippen MR) is 53.1 cm³/mol. The second-order valence-corrected chi connectivity index (χ2v) is 3.25. The van der Waals surface area contributed by atoms with Crippen molar-refractivity contribution in [1.29, 1.82) is 0 Å². The maximum Gasteiger partial charge on any atom is 0.222 e. The molecule has 2 aromatic rings. The minimum absolute atomic E-state index is 0.904. The van der Waals surface area contributed by atoms with Crippen LogP contribution in [0.25, 0.3) is 0 Å². The van der Waals surface area contributed by atoms with Crippen LogP contribution in [-0.2, 0) is 6.42 Å². The van der Waals surface area contributed by atoms with E-state index in [0.29, 0.717) is 0 Å². The molecule has 2 rings (SSSR count). The van der Waals surface area contributed by atoms with Gasteiger partial charge in [0.05, 0.1) is 0 Å². The van der Waals surface area contributed by atoms with Crippen molar-refractivity contribution >= 4 is 0 Å². The van der Waals surface area contributed by atoms with Gasteiger partial charge in [-0.1, -0.05) is 30.3 Å². The Morgan fingerprint density at radius 2 is 1.43 bits per heavy atom. The molecule has 1 aromatic heterocycles. The maximum absolute atomic E-state index is 9.04. The monoisotopic (exact) mass is 186 g/mol. The zero-order valence-electron chi connectivity index (χ0n) is 7.80. The van der Waals surface area contributed by atoms with E-state index in [2.05, 4.69) is 12.1 Å². The lowest BCUT2D eigenvalue weighted by atomic mass is 10.1. The zero-order valence-corrected chi connectivity index (χ0v) is 7.80. The molecule has 0 amide bonds. The molecule has 0 aliphatic heterocycles. The maximum atomic E-state index is 9.04. The van der Waals surface area contributed by atoms with E-state index in [9.17, 15) is 0 Å². The van der Waals surface area contributed by atoms with E-state index in [0.717, 1.165) is 11.2 Å². The first kappa shape index (κ1) is 8.75. The van der Waals surface area contributed by atoms with Gasteiger partial charge in [0.25, 0.3) is 0 Å². The van der Waals surface area contributed by atoms with E-state index in [1.165, 1.54) is 11.1 Å². The third-order valence-electron chi connectivity index (χ3n) is 2.13. The molecule has 0 unspecified atom stereocenters. The van der Waals surface area contributed by atoms with Gasteiger partial charge in [0.15, 0.2) is 0 Å². The first-order valence-corrected chi connectivity index (χ1v) is 4.58. The number of hydrogen-bond donors (Lipinski definition) is 1. The van der Waals surface area contributed by atoms with Crippen molar-refractivity contribution in [3.05, 3.63) is 66.0 Å². The molecule has 1 heterocycles. The molecule has 1 N–H and O–H groups in total. The van der Waals surface area contributed by atoms with Crippen LogP contribution in [-0.4, -0.2) is 5.21 Å². The van der Waals surface area contributed by atoms with Crippen LogP contribution in [0.2, 0.25) is 0 Å². The predicted octanol–water partition coefficient (Wildman–Crippen LogP) is 1.80. The highest BCUT2D eigenvalue weighted by molar-refractivity contribution is 5.23. The zero-order chi connectivity index (χ0) is 9.80. The minimum Gasteiger partial charge on any atom is -0.285 e. The summed E-state index contributed by atoms with van der Waals surface area (Å²) in [5.41, 5.74) is 2.48. The Bertz CT molecular complexity index is 394. The van der Waals surface area contributed by atoms with Gasteiger partial charge in [0.2, 0.25) is 12.4 Å². The highest BCUT2D eigenvalue weighted by atomic mass is 16.5. The number of rotatable bonds is 2.